The fourth-order valence-electron chi connectivity index (χ4n) is 4.02. The number of benzene rings is 3. The van der Waals surface area contributed by atoms with E-state index in [2.05, 4.69) is 0 Å². The van der Waals surface area contributed by atoms with Crippen molar-refractivity contribution >= 4 is 11.6 Å². The molecule has 4 rings (SSSR count). The third-order valence-corrected chi connectivity index (χ3v) is 5.77. The molecule has 1 aliphatic heterocycles. The lowest BCUT2D eigenvalue weighted by Gasteiger charge is -2.30. The smallest absolute Gasteiger partial charge is 0.259 e. The number of nitrogens with zero attached hydrogens (tertiary/aromatic N) is 1. The Morgan fingerprint density at radius 2 is 1.45 bits per heavy atom. The summed E-state index contributed by atoms with van der Waals surface area (Å²) in [5, 5.41) is 11.5. The van der Waals surface area contributed by atoms with Gasteiger partial charge in [0.05, 0.1) is 11.7 Å². The second kappa shape index (κ2) is 7.69. The minimum absolute atomic E-state index is 0.0327. The molecule has 3 aromatic carbocycles. The van der Waals surface area contributed by atoms with Gasteiger partial charge in [0.25, 0.3) is 5.91 Å². The molecule has 0 saturated heterocycles. The number of amides is 1. The SMILES string of the molecule is CCC(O)(/C=C1\c2ccccc2C(=O)N1[C@@H](C)c1ccccc1)c1ccccc1. The summed E-state index contributed by atoms with van der Waals surface area (Å²) in [4.78, 5) is 15.1. The Hall–Kier alpha value is -3.17. The van der Waals surface area contributed by atoms with Crippen LogP contribution in [0.25, 0.3) is 5.70 Å². The van der Waals surface area contributed by atoms with Crippen molar-refractivity contribution in [1.29, 1.82) is 0 Å². The van der Waals surface area contributed by atoms with Gasteiger partial charge in [-0.2, -0.15) is 0 Å². The highest BCUT2D eigenvalue weighted by Crippen LogP contribution is 2.42. The van der Waals surface area contributed by atoms with Crippen molar-refractivity contribution in [2.24, 2.45) is 0 Å². The second-order valence-corrected chi connectivity index (χ2v) is 7.48. The number of hydrogen-bond acceptors (Lipinski definition) is 2. The van der Waals surface area contributed by atoms with Crippen molar-refractivity contribution in [1.82, 2.24) is 4.90 Å². The standard InChI is InChI=1S/C26H25NO2/c1-3-26(29,21-14-8-5-9-15-21)18-24-22-16-10-11-17-23(22)25(28)27(24)19(2)20-12-6-4-7-13-20/h4-19,29H,3H2,1-2H3/b24-18+/t19-,26?/m0/s1. The molecule has 0 bridgehead atoms. The van der Waals surface area contributed by atoms with E-state index in [-0.39, 0.29) is 11.9 Å². The summed E-state index contributed by atoms with van der Waals surface area (Å²) in [6.45, 7) is 3.98. The summed E-state index contributed by atoms with van der Waals surface area (Å²) in [6.07, 6.45) is 2.36. The summed E-state index contributed by atoms with van der Waals surface area (Å²) in [5.74, 6) is -0.0327. The van der Waals surface area contributed by atoms with Crippen LogP contribution in [0.3, 0.4) is 0 Å². The lowest BCUT2D eigenvalue weighted by atomic mass is 9.89. The Labute approximate surface area is 171 Å². The molecule has 0 spiro atoms. The van der Waals surface area contributed by atoms with E-state index in [1.807, 2.05) is 110 Å². The number of carbonyl (C=O) groups excluding carboxylic acids is 1. The van der Waals surface area contributed by atoms with E-state index < -0.39 is 5.60 Å². The van der Waals surface area contributed by atoms with Gasteiger partial charge in [-0.1, -0.05) is 85.8 Å². The van der Waals surface area contributed by atoms with Gasteiger partial charge >= 0.3 is 0 Å². The quantitative estimate of drug-likeness (QED) is 0.628. The summed E-state index contributed by atoms with van der Waals surface area (Å²) in [7, 11) is 0. The minimum atomic E-state index is -1.16. The summed E-state index contributed by atoms with van der Waals surface area (Å²) >= 11 is 0. The van der Waals surface area contributed by atoms with Crippen LogP contribution in [0.15, 0.2) is 91.0 Å². The van der Waals surface area contributed by atoms with Gasteiger partial charge < -0.3 is 10.0 Å². The zero-order valence-corrected chi connectivity index (χ0v) is 16.7. The molecule has 0 aliphatic carbocycles. The van der Waals surface area contributed by atoms with Crippen LogP contribution in [0.2, 0.25) is 0 Å². The van der Waals surface area contributed by atoms with Crippen molar-refractivity contribution in [3.8, 4) is 0 Å². The molecule has 0 fully saturated rings. The molecule has 29 heavy (non-hydrogen) atoms. The molecule has 3 aromatic rings. The Kier molecular flexibility index (Phi) is 5.08. The van der Waals surface area contributed by atoms with Crippen LogP contribution in [0.1, 0.15) is 53.4 Å². The maximum atomic E-state index is 13.3. The zero-order chi connectivity index (χ0) is 20.4. The van der Waals surface area contributed by atoms with Crippen molar-refractivity contribution in [3.63, 3.8) is 0 Å². The van der Waals surface area contributed by atoms with Crippen molar-refractivity contribution in [2.45, 2.75) is 31.9 Å². The maximum Gasteiger partial charge on any atom is 0.259 e. The first-order valence-corrected chi connectivity index (χ1v) is 10.0. The van der Waals surface area contributed by atoms with E-state index in [1.54, 1.807) is 0 Å². The maximum absolute atomic E-state index is 13.3. The van der Waals surface area contributed by atoms with Crippen LogP contribution in [0.5, 0.6) is 0 Å². The van der Waals surface area contributed by atoms with Gasteiger partial charge in [0, 0.05) is 11.1 Å². The van der Waals surface area contributed by atoms with Crippen molar-refractivity contribution in [2.75, 3.05) is 0 Å². The highest BCUT2D eigenvalue weighted by Gasteiger charge is 2.38. The zero-order valence-electron chi connectivity index (χ0n) is 16.7. The molecule has 0 saturated carbocycles. The van der Waals surface area contributed by atoms with Gasteiger partial charge in [0.15, 0.2) is 0 Å². The first kappa shape index (κ1) is 19.2. The van der Waals surface area contributed by atoms with Crippen LogP contribution in [0.4, 0.5) is 0 Å². The summed E-state index contributed by atoms with van der Waals surface area (Å²) < 4.78 is 0. The number of rotatable bonds is 5. The summed E-state index contributed by atoms with van der Waals surface area (Å²) in [6, 6.07) is 27.1. The van der Waals surface area contributed by atoms with E-state index in [0.29, 0.717) is 12.0 Å². The third-order valence-electron chi connectivity index (χ3n) is 5.77. The number of fused-ring (bicyclic) bond motifs is 1. The highest BCUT2D eigenvalue weighted by atomic mass is 16.3. The molecule has 0 aromatic heterocycles. The molecule has 1 unspecified atom stereocenters. The predicted molar refractivity (Wildman–Crippen MR) is 116 cm³/mol. The lowest BCUT2D eigenvalue weighted by molar-refractivity contribution is 0.0778. The molecule has 146 valence electrons. The van der Waals surface area contributed by atoms with Crippen molar-refractivity contribution in [3.05, 3.63) is 113 Å². The van der Waals surface area contributed by atoms with Crippen LogP contribution in [-0.2, 0) is 5.60 Å². The average molecular weight is 383 g/mol. The Balaban J connectivity index is 1.87. The molecule has 3 heteroatoms. The Morgan fingerprint density at radius 3 is 2.07 bits per heavy atom. The second-order valence-electron chi connectivity index (χ2n) is 7.48. The van der Waals surface area contributed by atoms with Crippen LogP contribution >= 0.6 is 0 Å². The van der Waals surface area contributed by atoms with Gasteiger partial charge in [0.1, 0.15) is 5.60 Å². The molecule has 1 aliphatic rings. The van der Waals surface area contributed by atoms with E-state index in [4.69, 9.17) is 0 Å². The minimum Gasteiger partial charge on any atom is -0.381 e. The van der Waals surface area contributed by atoms with E-state index in [9.17, 15) is 9.90 Å². The molecule has 1 heterocycles. The molecule has 0 radical (unpaired) electrons. The van der Waals surface area contributed by atoms with Gasteiger partial charge in [-0.3, -0.25) is 4.79 Å². The first-order valence-electron chi connectivity index (χ1n) is 10.0. The van der Waals surface area contributed by atoms with E-state index >= 15 is 0 Å². The molecular formula is C26H25NO2. The Bertz CT molecular complexity index is 1040. The predicted octanol–water partition coefficient (Wildman–Crippen LogP) is 5.54. The fraction of sp³-hybridized carbons (Fsp3) is 0.192. The van der Waals surface area contributed by atoms with Crippen molar-refractivity contribution < 1.29 is 9.90 Å². The van der Waals surface area contributed by atoms with Gasteiger partial charge in [-0.15, -0.1) is 0 Å². The highest BCUT2D eigenvalue weighted by molar-refractivity contribution is 6.09. The van der Waals surface area contributed by atoms with Gasteiger partial charge in [0.2, 0.25) is 0 Å². The molecule has 1 N–H and O–H groups in total. The third kappa shape index (κ3) is 3.39. The normalized spacial score (nSPS) is 17.8. The topological polar surface area (TPSA) is 40.5 Å². The van der Waals surface area contributed by atoms with E-state index in [0.717, 1.165) is 22.4 Å². The molecular weight excluding hydrogens is 358 g/mol. The first-order chi connectivity index (χ1) is 14.0. The largest absolute Gasteiger partial charge is 0.381 e. The van der Waals surface area contributed by atoms with Gasteiger partial charge in [-0.05, 0) is 36.6 Å². The number of hydrogen-bond donors (Lipinski definition) is 1. The van der Waals surface area contributed by atoms with E-state index in [1.165, 1.54) is 0 Å². The van der Waals surface area contributed by atoms with Crippen LogP contribution < -0.4 is 0 Å². The Morgan fingerprint density at radius 1 is 0.897 bits per heavy atom. The number of aliphatic hydroxyl groups is 1. The summed E-state index contributed by atoms with van der Waals surface area (Å²) in [5.41, 5.74) is 3.01. The lowest BCUT2D eigenvalue weighted by Crippen LogP contribution is -2.29. The average Bonchev–Trinajstić information content (AvgIpc) is 3.06. The van der Waals surface area contributed by atoms with Gasteiger partial charge in [-0.25, -0.2) is 0 Å². The monoisotopic (exact) mass is 383 g/mol. The molecule has 2 atom stereocenters. The van der Waals surface area contributed by atoms with Crippen LogP contribution in [0, 0.1) is 0 Å². The van der Waals surface area contributed by atoms with Crippen LogP contribution in [-0.4, -0.2) is 15.9 Å². The number of carbonyl (C=O) groups is 1. The molecule has 3 nitrogen and oxygen atoms in total. The fourth-order valence-corrected chi connectivity index (χ4v) is 4.02. The molecule has 1 amide bonds.